The number of likely N-dealkylation sites (tertiary alicyclic amines) is 1. The molecule has 4 heteroatoms. The van der Waals surface area contributed by atoms with Crippen LogP contribution in [0.3, 0.4) is 0 Å². The second-order valence-corrected chi connectivity index (χ2v) is 6.25. The first-order valence-electron chi connectivity index (χ1n) is 6.12. The zero-order valence-electron chi connectivity index (χ0n) is 10.7. The number of rotatable bonds is 3. The molecule has 0 spiro atoms. The summed E-state index contributed by atoms with van der Waals surface area (Å²) < 4.78 is 0. The van der Waals surface area contributed by atoms with E-state index in [9.17, 15) is 4.79 Å². The molecule has 1 atom stereocenters. The van der Waals surface area contributed by atoms with E-state index in [0.717, 1.165) is 36.5 Å². The van der Waals surface area contributed by atoms with Gasteiger partial charge in [0.05, 0.1) is 5.56 Å². The van der Waals surface area contributed by atoms with E-state index < -0.39 is 0 Å². The first-order valence-corrected chi connectivity index (χ1v) is 6.94. The Bertz CT molecular complexity index is 414. The lowest BCUT2D eigenvalue weighted by molar-refractivity contribution is 0.0787. The number of nitrogens with one attached hydrogen (secondary N) is 1. The molecule has 1 aliphatic rings. The average Bonchev–Trinajstić information content (AvgIpc) is 2.85. The van der Waals surface area contributed by atoms with Crippen molar-refractivity contribution < 1.29 is 4.79 Å². The Morgan fingerprint density at radius 2 is 2.35 bits per heavy atom. The van der Waals surface area contributed by atoms with Crippen LogP contribution in [0, 0.1) is 19.8 Å². The van der Waals surface area contributed by atoms with Crippen LogP contribution in [0.2, 0.25) is 0 Å². The first kappa shape index (κ1) is 12.6. The summed E-state index contributed by atoms with van der Waals surface area (Å²) in [7, 11) is 1.97. The summed E-state index contributed by atoms with van der Waals surface area (Å²) in [5, 5.41) is 3.19. The molecule has 1 aliphatic heterocycles. The Morgan fingerprint density at radius 3 is 2.94 bits per heavy atom. The number of carbonyl (C=O) groups excluding carboxylic acids is 1. The Labute approximate surface area is 107 Å². The molecule has 0 aliphatic carbocycles. The minimum absolute atomic E-state index is 0.213. The maximum Gasteiger partial charge on any atom is 0.254 e. The summed E-state index contributed by atoms with van der Waals surface area (Å²) in [5.41, 5.74) is 0.901. The molecule has 1 aromatic heterocycles. The van der Waals surface area contributed by atoms with Crippen LogP contribution in [-0.2, 0) is 0 Å². The molecule has 3 nitrogen and oxygen atoms in total. The third-order valence-corrected chi connectivity index (χ3v) is 4.30. The van der Waals surface area contributed by atoms with Crippen molar-refractivity contribution >= 4 is 17.2 Å². The lowest BCUT2D eigenvalue weighted by Gasteiger charge is -2.16. The van der Waals surface area contributed by atoms with Gasteiger partial charge in [0.2, 0.25) is 0 Å². The third kappa shape index (κ3) is 2.69. The molecule has 94 valence electrons. The Morgan fingerprint density at radius 1 is 1.59 bits per heavy atom. The summed E-state index contributed by atoms with van der Waals surface area (Å²) in [4.78, 5) is 16.7. The topological polar surface area (TPSA) is 32.3 Å². The fourth-order valence-electron chi connectivity index (χ4n) is 2.49. The fourth-order valence-corrected chi connectivity index (χ4v) is 3.40. The van der Waals surface area contributed by atoms with Crippen molar-refractivity contribution in [3.8, 4) is 0 Å². The van der Waals surface area contributed by atoms with E-state index in [0.29, 0.717) is 5.92 Å². The van der Waals surface area contributed by atoms with E-state index >= 15 is 0 Å². The highest BCUT2D eigenvalue weighted by molar-refractivity contribution is 7.12. The van der Waals surface area contributed by atoms with Crippen LogP contribution in [0.1, 0.15) is 26.5 Å². The number of thiophene rings is 1. The molecule has 17 heavy (non-hydrogen) atoms. The molecule has 1 aromatic rings. The van der Waals surface area contributed by atoms with E-state index in [1.54, 1.807) is 11.3 Å². The Balaban J connectivity index is 2.04. The summed E-state index contributed by atoms with van der Waals surface area (Å²) in [5.74, 6) is 0.828. The molecule has 1 amide bonds. The highest BCUT2D eigenvalue weighted by Gasteiger charge is 2.27. The maximum atomic E-state index is 12.3. The fraction of sp³-hybridized carbons (Fsp3) is 0.615. The van der Waals surface area contributed by atoms with Gasteiger partial charge in [-0.3, -0.25) is 4.79 Å². The molecule has 0 saturated carbocycles. The summed E-state index contributed by atoms with van der Waals surface area (Å²) in [6.45, 7) is 6.90. The molecule has 0 unspecified atom stereocenters. The first-order chi connectivity index (χ1) is 8.11. The number of aryl methyl sites for hydroxylation is 2. The van der Waals surface area contributed by atoms with Gasteiger partial charge in [-0.25, -0.2) is 0 Å². The van der Waals surface area contributed by atoms with E-state index in [1.807, 2.05) is 24.9 Å². The third-order valence-electron chi connectivity index (χ3n) is 3.34. The predicted octanol–water partition coefficient (Wildman–Crippen LogP) is 2.05. The van der Waals surface area contributed by atoms with Gasteiger partial charge in [0.1, 0.15) is 0 Å². The molecule has 0 radical (unpaired) electrons. The highest BCUT2D eigenvalue weighted by atomic mass is 32.1. The summed E-state index contributed by atoms with van der Waals surface area (Å²) in [6, 6.07) is 2.02. The Kier molecular flexibility index (Phi) is 3.84. The molecule has 2 rings (SSSR count). The molecule has 0 bridgehead atoms. The van der Waals surface area contributed by atoms with E-state index in [1.165, 1.54) is 4.88 Å². The Hall–Kier alpha value is -0.870. The SMILES string of the molecule is CNC[C@@H]1CCN(C(=O)c2cc(C)sc2C)C1. The van der Waals surface area contributed by atoms with E-state index in [4.69, 9.17) is 0 Å². The van der Waals surface area contributed by atoms with Crippen molar-refractivity contribution in [2.75, 3.05) is 26.7 Å². The van der Waals surface area contributed by atoms with Crippen molar-refractivity contribution in [3.63, 3.8) is 0 Å². The van der Waals surface area contributed by atoms with Crippen molar-refractivity contribution in [1.82, 2.24) is 10.2 Å². The number of nitrogens with zero attached hydrogens (tertiary/aromatic N) is 1. The molecular weight excluding hydrogens is 232 g/mol. The van der Waals surface area contributed by atoms with Gasteiger partial charge in [-0.05, 0) is 45.8 Å². The predicted molar refractivity (Wildman–Crippen MR) is 71.7 cm³/mol. The zero-order chi connectivity index (χ0) is 12.4. The lowest BCUT2D eigenvalue weighted by atomic mass is 10.1. The standard InChI is InChI=1S/C13H20N2OS/c1-9-6-12(10(2)17-9)13(16)15-5-4-11(8-15)7-14-3/h6,11,14H,4-5,7-8H2,1-3H3/t11-/m0/s1. The van der Waals surface area contributed by atoms with Crippen molar-refractivity contribution in [3.05, 3.63) is 21.4 Å². The van der Waals surface area contributed by atoms with Crippen LogP contribution in [0.4, 0.5) is 0 Å². The number of hydrogen-bond acceptors (Lipinski definition) is 3. The molecule has 1 saturated heterocycles. The molecule has 1 fully saturated rings. The molecule has 0 aromatic carbocycles. The van der Waals surface area contributed by atoms with Gasteiger partial charge in [-0.2, -0.15) is 0 Å². The van der Waals surface area contributed by atoms with Crippen LogP contribution in [-0.4, -0.2) is 37.5 Å². The normalized spacial score (nSPS) is 19.9. The van der Waals surface area contributed by atoms with Crippen molar-refractivity contribution in [2.45, 2.75) is 20.3 Å². The van der Waals surface area contributed by atoms with Crippen molar-refractivity contribution in [2.24, 2.45) is 5.92 Å². The molecular formula is C13H20N2OS. The second kappa shape index (κ2) is 5.19. The largest absolute Gasteiger partial charge is 0.338 e. The van der Waals surface area contributed by atoms with Gasteiger partial charge >= 0.3 is 0 Å². The summed E-state index contributed by atoms with van der Waals surface area (Å²) >= 11 is 1.71. The highest BCUT2D eigenvalue weighted by Crippen LogP contribution is 2.24. The smallest absolute Gasteiger partial charge is 0.254 e. The average molecular weight is 252 g/mol. The lowest BCUT2D eigenvalue weighted by Crippen LogP contribution is -2.30. The van der Waals surface area contributed by atoms with Crippen LogP contribution >= 0.6 is 11.3 Å². The van der Waals surface area contributed by atoms with Gasteiger partial charge in [0.25, 0.3) is 5.91 Å². The number of hydrogen-bond donors (Lipinski definition) is 1. The second-order valence-electron chi connectivity index (χ2n) is 4.79. The molecule has 1 N–H and O–H groups in total. The number of carbonyl (C=O) groups is 1. The van der Waals surface area contributed by atoms with Crippen LogP contribution < -0.4 is 5.32 Å². The molecule has 2 heterocycles. The van der Waals surface area contributed by atoms with E-state index in [-0.39, 0.29) is 5.91 Å². The number of amides is 1. The quantitative estimate of drug-likeness (QED) is 0.893. The zero-order valence-corrected chi connectivity index (χ0v) is 11.6. The van der Waals surface area contributed by atoms with Gasteiger partial charge in [0.15, 0.2) is 0 Å². The minimum atomic E-state index is 0.213. The van der Waals surface area contributed by atoms with Crippen molar-refractivity contribution in [1.29, 1.82) is 0 Å². The van der Waals surface area contributed by atoms with Crippen LogP contribution in [0.5, 0.6) is 0 Å². The van der Waals surface area contributed by atoms with Gasteiger partial charge in [0, 0.05) is 22.8 Å². The van der Waals surface area contributed by atoms with Crippen LogP contribution in [0.25, 0.3) is 0 Å². The monoisotopic (exact) mass is 252 g/mol. The van der Waals surface area contributed by atoms with E-state index in [2.05, 4.69) is 12.2 Å². The van der Waals surface area contributed by atoms with Gasteiger partial charge in [-0.1, -0.05) is 0 Å². The van der Waals surface area contributed by atoms with Gasteiger partial charge in [-0.15, -0.1) is 11.3 Å². The summed E-state index contributed by atoms with van der Waals surface area (Å²) in [6.07, 6.45) is 1.12. The maximum absolute atomic E-state index is 12.3. The van der Waals surface area contributed by atoms with Crippen LogP contribution in [0.15, 0.2) is 6.07 Å². The minimum Gasteiger partial charge on any atom is -0.338 e. The van der Waals surface area contributed by atoms with Gasteiger partial charge < -0.3 is 10.2 Å².